The summed E-state index contributed by atoms with van der Waals surface area (Å²) in [4.78, 5) is 13.7. The van der Waals surface area contributed by atoms with Crippen LogP contribution in [0, 0.1) is 11.3 Å². The largest absolute Gasteiger partial charge is 0.440 e. The maximum Gasteiger partial charge on any atom is 0.345 e. The van der Waals surface area contributed by atoms with E-state index in [1.54, 1.807) is 36.0 Å². The molecule has 1 unspecified atom stereocenters. The smallest absolute Gasteiger partial charge is 0.345 e. The van der Waals surface area contributed by atoms with Gasteiger partial charge in [-0.3, -0.25) is 0 Å². The highest BCUT2D eigenvalue weighted by Gasteiger charge is 2.31. The SMILES string of the molecule is CSc1ccc(C2C(C#N)=C(N)Oc3cc(OC(=O)c4ccc(Cl)cc4Cl)ccc32)cc1. The molecule has 0 saturated carbocycles. The molecular weight excluding hydrogens is 467 g/mol. The molecule has 0 aliphatic carbocycles. The van der Waals surface area contributed by atoms with Crippen molar-refractivity contribution in [2.24, 2.45) is 5.73 Å². The van der Waals surface area contributed by atoms with Gasteiger partial charge in [-0.05, 0) is 48.2 Å². The highest BCUT2D eigenvalue weighted by molar-refractivity contribution is 7.98. The van der Waals surface area contributed by atoms with E-state index < -0.39 is 11.9 Å². The fraction of sp³-hybridized carbons (Fsp3) is 0.0833. The lowest BCUT2D eigenvalue weighted by atomic mass is 9.83. The van der Waals surface area contributed by atoms with E-state index in [0.717, 1.165) is 16.0 Å². The zero-order valence-electron chi connectivity index (χ0n) is 16.8. The van der Waals surface area contributed by atoms with Crippen molar-refractivity contribution in [2.45, 2.75) is 10.8 Å². The van der Waals surface area contributed by atoms with Crippen molar-refractivity contribution in [3.8, 4) is 17.6 Å². The molecule has 0 amide bonds. The van der Waals surface area contributed by atoms with E-state index in [2.05, 4.69) is 6.07 Å². The number of thioether (sulfide) groups is 1. The van der Waals surface area contributed by atoms with E-state index >= 15 is 0 Å². The molecule has 5 nitrogen and oxygen atoms in total. The number of esters is 1. The number of rotatable bonds is 4. The first-order valence-corrected chi connectivity index (χ1v) is 11.4. The Bertz CT molecular complexity index is 1280. The van der Waals surface area contributed by atoms with Crippen molar-refractivity contribution in [1.82, 2.24) is 0 Å². The Hall–Kier alpha value is -3.11. The molecule has 0 bridgehead atoms. The standard InChI is InChI=1S/C24H16Cl2N2O3S/c1-32-16-6-2-13(3-7-16)22-18-9-5-15(11-21(18)31-23(28)19(22)12-27)30-24(29)17-8-4-14(25)10-20(17)26/h2-11,22H,28H2,1H3. The Morgan fingerprint density at radius 3 is 2.53 bits per heavy atom. The Labute approximate surface area is 199 Å². The van der Waals surface area contributed by atoms with Gasteiger partial charge in [-0.15, -0.1) is 11.8 Å². The van der Waals surface area contributed by atoms with Gasteiger partial charge in [0.15, 0.2) is 0 Å². The van der Waals surface area contributed by atoms with E-state index in [1.165, 1.54) is 12.1 Å². The number of carbonyl (C=O) groups is 1. The van der Waals surface area contributed by atoms with Crippen LogP contribution in [-0.4, -0.2) is 12.2 Å². The summed E-state index contributed by atoms with van der Waals surface area (Å²) in [5, 5.41) is 10.3. The van der Waals surface area contributed by atoms with Gasteiger partial charge < -0.3 is 15.2 Å². The lowest BCUT2D eigenvalue weighted by Crippen LogP contribution is -2.21. The highest BCUT2D eigenvalue weighted by atomic mass is 35.5. The number of hydrogen-bond acceptors (Lipinski definition) is 6. The van der Waals surface area contributed by atoms with Crippen LogP contribution in [0.5, 0.6) is 11.5 Å². The van der Waals surface area contributed by atoms with E-state index in [4.69, 9.17) is 38.4 Å². The number of nitrogens with two attached hydrogens (primary N) is 1. The van der Waals surface area contributed by atoms with Gasteiger partial charge in [0.25, 0.3) is 0 Å². The van der Waals surface area contributed by atoms with Gasteiger partial charge in [0.1, 0.15) is 23.1 Å². The monoisotopic (exact) mass is 482 g/mol. The summed E-state index contributed by atoms with van der Waals surface area (Å²) in [6.07, 6.45) is 2.00. The molecule has 1 heterocycles. The molecule has 1 atom stereocenters. The van der Waals surface area contributed by atoms with Gasteiger partial charge in [-0.25, -0.2) is 4.79 Å². The lowest BCUT2D eigenvalue weighted by Gasteiger charge is -2.26. The molecule has 1 aliphatic rings. The topological polar surface area (TPSA) is 85.3 Å². The van der Waals surface area contributed by atoms with Crippen LogP contribution in [0.3, 0.4) is 0 Å². The number of benzene rings is 3. The van der Waals surface area contributed by atoms with Crippen LogP contribution in [0.4, 0.5) is 0 Å². The molecule has 3 aromatic rings. The summed E-state index contributed by atoms with van der Waals surface area (Å²) in [6, 6.07) is 19.6. The first-order valence-electron chi connectivity index (χ1n) is 9.44. The predicted octanol–water partition coefficient (Wildman–Crippen LogP) is 6.15. The number of carbonyl (C=O) groups excluding carboxylic acids is 1. The maximum absolute atomic E-state index is 12.6. The van der Waals surface area contributed by atoms with Gasteiger partial charge >= 0.3 is 5.97 Å². The second-order valence-electron chi connectivity index (χ2n) is 6.91. The van der Waals surface area contributed by atoms with E-state index in [1.807, 2.05) is 30.5 Å². The third-order valence-electron chi connectivity index (χ3n) is 5.00. The molecule has 2 N–H and O–H groups in total. The van der Waals surface area contributed by atoms with Crippen molar-refractivity contribution in [3.05, 3.63) is 98.9 Å². The van der Waals surface area contributed by atoms with Crippen molar-refractivity contribution in [3.63, 3.8) is 0 Å². The number of allylic oxidation sites excluding steroid dienone is 1. The zero-order chi connectivity index (χ0) is 22.8. The second kappa shape index (κ2) is 9.17. The number of ether oxygens (including phenoxy) is 2. The van der Waals surface area contributed by atoms with Crippen LogP contribution in [0.2, 0.25) is 10.0 Å². The fourth-order valence-electron chi connectivity index (χ4n) is 3.46. The van der Waals surface area contributed by atoms with Crippen molar-refractivity contribution in [2.75, 3.05) is 6.26 Å². The Balaban J connectivity index is 1.68. The van der Waals surface area contributed by atoms with Gasteiger partial charge in [-0.1, -0.05) is 41.4 Å². The van der Waals surface area contributed by atoms with Crippen LogP contribution in [0.15, 0.2) is 77.0 Å². The molecular formula is C24H16Cl2N2O3S. The second-order valence-corrected chi connectivity index (χ2v) is 8.63. The van der Waals surface area contributed by atoms with Crippen LogP contribution in [-0.2, 0) is 0 Å². The summed E-state index contributed by atoms with van der Waals surface area (Å²) in [7, 11) is 0. The number of nitriles is 1. The van der Waals surface area contributed by atoms with Crippen molar-refractivity contribution < 1.29 is 14.3 Å². The maximum atomic E-state index is 12.6. The molecule has 0 fully saturated rings. The molecule has 0 spiro atoms. The molecule has 32 heavy (non-hydrogen) atoms. The molecule has 0 saturated heterocycles. The minimum Gasteiger partial charge on any atom is -0.440 e. The molecule has 4 rings (SSSR count). The number of hydrogen-bond donors (Lipinski definition) is 1. The average molecular weight is 483 g/mol. The summed E-state index contributed by atoms with van der Waals surface area (Å²) in [5.74, 6) is -0.344. The summed E-state index contributed by atoms with van der Waals surface area (Å²) in [5.41, 5.74) is 8.23. The Kier molecular flexibility index (Phi) is 6.33. The summed E-state index contributed by atoms with van der Waals surface area (Å²) in [6.45, 7) is 0. The third kappa shape index (κ3) is 4.28. The molecule has 1 aliphatic heterocycles. The Morgan fingerprint density at radius 1 is 1.12 bits per heavy atom. The van der Waals surface area contributed by atoms with Crippen molar-refractivity contribution >= 4 is 40.9 Å². The van der Waals surface area contributed by atoms with Gasteiger partial charge in [-0.2, -0.15) is 5.26 Å². The van der Waals surface area contributed by atoms with Crippen LogP contribution < -0.4 is 15.2 Å². The first-order chi connectivity index (χ1) is 15.4. The summed E-state index contributed by atoms with van der Waals surface area (Å²) >= 11 is 13.6. The van der Waals surface area contributed by atoms with Gasteiger partial charge in [0, 0.05) is 21.5 Å². The Morgan fingerprint density at radius 2 is 1.88 bits per heavy atom. The van der Waals surface area contributed by atoms with E-state index in [9.17, 15) is 10.1 Å². The third-order valence-corrected chi connectivity index (χ3v) is 6.29. The quantitative estimate of drug-likeness (QED) is 0.272. The minimum atomic E-state index is -0.632. The average Bonchev–Trinajstić information content (AvgIpc) is 2.78. The predicted molar refractivity (Wildman–Crippen MR) is 125 cm³/mol. The van der Waals surface area contributed by atoms with Crippen LogP contribution in [0.1, 0.15) is 27.4 Å². The molecule has 0 aromatic heterocycles. The number of fused-ring (bicyclic) bond motifs is 1. The minimum absolute atomic E-state index is 0.0168. The van der Waals surface area contributed by atoms with E-state index in [0.29, 0.717) is 16.3 Å². The first kappa shape index (κ1) is 22.1. The fourth-order valence-corrected chi connectivity index (χ4v) is 4.35. The zero-order valence-corrected chi connectivity index (χ0v) is 19.1. The van der Waals surface area contributed by atoms with E-state index in [-0.39, 0.29) is 22.2 Å². The number of nitrogens with zero attached hydrogens (tertiary/aromatic N) is 1. The van der Waals surface area contributed by atoms with Crippen LogP contribution >= 0.6 is 35.0 Å². The summed E-state index contributed by atoms with van der Waals surface area (Å²) < 4.78 is 11.2. The number of halogens is 2. The van der Waals surface area contributed by atoms with Crippen molar-refractivity contribution in [1.29, 1.82) is 5.26 Å². The van der Waals surface area contributed by atoms with Gasteiger partial charge in [0.2, 0.25) is 5.88 Å². The lowest BCUT2D eigenvalue weighted by molar-refractivity contribution is 0.0734. The molecule has 160 valence electrons. The normalized spacial score (nSPS) is 14.9. The molecule has 8 heteroatoms. The highest BCUT2D eigenvalue weighted by Crippen LogP contribution is 2.43. The van der Waals surface area contributed by atoms with Gasteiger partial charge in [0.05, 0.1) is 16.5 Å². The molecule has 0 radical (unpaired) electrons. The molecule has 3 aromatic carbocycles. The van der Waals surface area contributed by atoms with Crippen LogP contribution in [0.25, 0.3) is 0 Å².